The first-order chi connectivity index (χ1) is 14.9. The van der Waals surface area contributed by atoms with Crippen molar-refractivity contribution in [1.29, 1.82) is 0 Å². The average molecular weight is 443 g/mol. The van der Waals surface area contributed by atoms with Gasteiger partial charge in [-0.1, -0.05) is 44.2 Å². The van der Waals surface area contributed by atoms with E-state index in [1.165, 1.54) is 10.9 Å². The smallest absolute Gasteiger partial charge is 0.348 e. The van der Waals surface area contributed by atoms with Gasteiger partial charge in [-0.25, -0.2) is 14.6 Å². The fourth-order valence-corrected chi connectivity index (χ4v) is 4.20. The van der Waals surface area contributed by atoms with Crippen LogP contribution in [0.1, 0.15) is 60.5 Å². The number of esters is 2. The van der Waals surface area contributed by atoms with Crippen LogP contribution in [-0.4, -0.2) is 27.6 Å². The Morgan fingerprint density at radius 2 is 1.87 bits per heavy atom. The van der Waals surface area contributed by atoms with Crippen molar-refractivity contribution in [1.82, 2.24) is 9.55 Å². The second-order valence-corrected chi connectivity index (χ2v) is 8.33. The molecule has 2 unspecified atom stereocenters. The maximum atomic E-state index is 13.2. The standard InChI is InChI=1S/C23H26N2O5S/c1-5-14(3)30-23(28)19-15(4)18-20(31-19)24-13-25(21(18)26)17(6-2)22(27)29-12-16-10-8-7-9-11-16/h7-11,13-14,17H,5-6,12H2,1-4H3. The lowest BCUT2D eigenvalue weighted by Gasteiger charge is -2.17. The van der Waals surface area contributed by atoms with Gasteiger partial charge in [0.2, 0.25) is 0 Å². The maximum absolute atomic E-state index is 13.2. The van der Waals surface area contributed by atoms with E-state index in [-0.39, 0.29) is 18.3 Å². The Kier molecular flexibility index (Phi) is 7.22. The molecule has 0 aliphatic heterocycles. The van der Waals surface area contributed by atoms with Crippen molar-refractivity contribution >= 4 is 33.5 Å². The molecule has 0 fully saturated rings. The van der Waals surface area contributed by atoms with Gasteiger partial charge in [0, 0.05) is 0 Å². The van der Waals surface area contributed by atoms with Gasteiger partial charge in [0.15, 0.2) is 0 Å². The largest absolute Gasteiger partial charge is 0.459 e. The summed E-state index contributed by atoms with van der Waals surface area (Å²) in [5.74, 6) is -0.964. The SMILES string of the molecule is CCC(C)OC(=O)c1sc2ncn(C(CC)C(=O)OCc3ccccc3)c(=O)c2c1C. The molecule has 0 saturated heterocycles. The normalized spacial score (nSPS) is 13.0. The predicted octanol–water partition coefficient (Wildman–Crippen LogP) is 4.42. The molecule has 2 atom stereocenters. The van der Waals surface area contributed by atoms with Gasteiger partial charge in [0.25, 0.3) is 5.56 Å². The summed E-state index contributed by atoms with van der Waals surface area (Å²) >= 11 is 1.13. The number of nitrogens with zero attached hydrogens (tertiary/aromatic N) is 2. The van der Waals surface area contributed by atoms with Crippen LogP contribution in [0.15, 0.2) is 41.5 Å². The Bertz CT molecular complexity index is 1140. The molecule has 8 heteroatoms. The molecule has 0 bridgehead atoms. The molecule has 7 nitrogen and oxygen atoms in total. The van der Waals surface area contributed by atoms with Gasteiger partial charge in [-0.05, 0) is 37.8 Å². The molecule has 0 saturated carbocycles. The van der Waals surface area contributed by atoms with E-state index in [4.69, 9.17) is 9.47 Å². The summed E-state index contributed by atoms with van der Waals surface area (Å²) in [6.07, 6.45) is 2.20. The van der Waals surface area contributed by atoms with Gasteiger partial charge in [0.1, 0.15) is 22.4 Å². The molecule has 0 spiro atoms. The molecule has 0 radical (unpaired) electrons. The molecule has 0 amide bonds. The molecule has 2 aromatic heterocycles. The molecule has 0 aliphatic carbocycles. The zero-order valence-electron chi connectivity index (χ0n) is 18.1. The van der Waals surface area contributed by atoms with E-state index in [0.29, 0.717) is 33.5 Å². The van der Waals surface area contributed by atoms with E-state index in [2.05, 4.69) is 4.98 Å². The number of fused-ring (bicyclic) bond motifs is 1. The Morgan fingerprint density at radius 3 is 2.52 bits per heavy atom. The zero-order chi connectivity index (χ0) is 22.5. The average Bonchev–Trinajstić information content (AvgIpc) is 3.12. The second-order valence-electron chi connectivity index (χ2n) is 7.33. The van der Waals surface area contributed by atoms with Crippen LogP contribution >= 0.6 is 11.3 Å². The maximum Gasteiger partial charge on any atom is 0.348 e. The van der Waals surface area contributed by atoms with E-state index >= 15 is 0 Å². The van der Waals surface area contributed by atoms with Gasteiger partial charge in [-0.2, -0.15) is 0 Å². The van der Waals surface area contributed by atoms with Crippen LogP contribution in [0, 0.1) is 6.92 Å². The molecule has 31 heavy (non-hydrogen) atoms. The Morgan fingerprint density at radius 1 is 1.16 bits per heavy atom. The van der Waals surface area contributed by atoms with Crippen LogP contribution in [0.2, 0.25) is 0 Å². The number of aryl methyl sites for hydroxylation is 1. The molecule has 2 heterocycles. The zero-order valence-corrected chi connectivity index (χ0v) is 18.9. The highest BCUT2D eigenvalue weighted by Crippen LogP contribution is 2.28. The van der Waals surface area contributed by atoms with E-state index in [9.17, 15) is 14.4 Å². The highest BCUT2D eigenvalue weighted by atomic mass is 32.1. The summed E-state index contributed by atoms with van der Waals surface area (Å²) in [5, 5.41) is 0.331. The topological polar surface area (TPSA) is 87.5 Å². The van der Waals surface area contributed by atoms with Gasteiger partial charge < -0.3 is 9.47 Å². The van der Waals surface area contributed by atoms with Crippen LogP contribution in [-0.2, 0) is 20.9 Å². The molecule has 3 rings (SSSR count). The van der Waals surface area contributed by atoms with Gasteiger partial charge in [0.05, 0.1) is 17.8 Å². The van der Waals surface area contributed by atoms with Crippen molar-refractivity contribution in [2.45, 2.75) is 59.3 Å². The Labute approximate surface area is 184 Å². The summed E-state index contributed by atoms with van der Waals surface area (Å²) in [7, 11) is 0. The Balaban J connectivity index is 1.89. The first-order valence-electron chi connectivity index (χ1n) is 10.3. The number of hydrogen-bond donors (Lipinski definition) is 0. The van der Waals surface area contributed by atoms with Crippen molar-refractivity contribution in [3.05, 3.63) is 63.0 Å². The lowest BCUT2D eigenvalue weighted by atomic mass is 10.2. The van der Waals surface area contributed by atoms with Crippen LogP contribution in [0.4, 0.5) is 0 Å². The number of ether oxygens (including phenoxy) is 2. The summed E-state index contributed by atoms with van der Waals surface area (Å²) in [6, 6.07) is 8.54. The monoisotopic (exact) mass is 442 g/mol. The molecule has 0 N–H and O–H groups in total. The Hall–Kier alpha value is -3.00. The van der Waals surface area contributed by atoms with Crippen LogP contribution in [0.25, 0.3) is 10.2 Å². The lowest BCUT2D eigenvalue weighted by molar-refractivity contribution is -0.149. The summed E-state index contributed by atoms with van der Waals surface area (Å²) < 4.78 is 12.1. The van der Waals surface area contributed by atoms with Gasteiger partial charge in [-0.3, -0.25) is 9.36 Å². The number of hydrogen-bond acceptors (Lipinski definition) is 7. The van der Waals surface area contributed by atoms with Crippen molar-refractivity contribution in [3.8, 4) is 0 Å². The number of carbonyl (C=O) groups is 2. The minimum Gasteiger partial charge on any atom is -0.459 e. The number of rotatable bonds is 8. The summed E-state index contributed by atoms with van der Waals surface area (Å²) in [5.41, 5.74) is 1.02. The lowest BCUT2D eigenvalue weighted by Crippen LogP contribution is -2.31. The number of aromatic nitrogens is 2. The molecule has 1 aromatic carbocycles. The van der Waals surface area contributed by atoms with Gasteiger partial charge >= 0.3 is 11.9 Å². The minimum absolute atomic E-state index is 0.129. The fraction of sp³-hybridized carbons (Fsp3) is 0.391. The fourth-order valence-electron chi connectivity index (χ4n) is 3.18. The third kappa shape index (κ3) is 4.85. The van der Waals surface area contributed by atoms with E-state index in [1.54, 1.807) is 13.8 Å². The minimum atomic E-state index is -0.803. The summed E-state index contributed by atoms with van der Waals surface area (Å²) in [6.45, 7) is 7.38. The van der Waals surface area contributed by atoms with Crippen molar-refractivity contribution in [2.75, 3.05) is 0 Å². The van der Waals surface area contributed by atoms with Crippen molar-refractivity contribution < 1.29 is 19.1 Å². The molecule has 0 aliphatic rings. The third-order valence-electron chi connectivity index (χ3n) is 5.16. The number of benzene rings is 1. The number of thiophene rings is 1. The first-order valence-corrected chi connectivity index (χ1v) is 11.1. The summed E-state index contributed by atoms with van der Waals surface area (Å²) in [4.78, 5) is 43.6. The molecule has 164 valence electrons. The first kappa shape index (κ1) is 22.7. The van der Waals surface area contributed by atoms with Crippen molar-refractivity contribution in [3.63, 3.8) is 0 Å². The van der Waals surface area contributed by atoms with Crippen LogP contribution in [0.3, 0.4) is 0 Å². The molecule has 3 aromatic rings. The predicted molar refractivity (Wildman–Crippen MR) is 119 cm³/mol. The quantitative estimate of drug-likeness (QED) is 0.480. The molecular weight excluding hydrogens is 416 g/mol. The number of carbonyl (C=O) groups excluding carboxylic acids is 2. The van der Waals surface area contributed by atoms with Crippen LogP contribution in [0.5, 0.6) is 0 Å². The van der Waals surface area contributed by atoms with Gasteiger partial charge in [-0.15, -0.1) is 11.3 Å². The van der Waals surface area contributed by atoms with E-state index < -0.39 is 18.0 Å². The van der Waals surface area contributed by atoms with E-state index in [1.807, 2.05) is 44.2 Å². The second kappa shape index (κ2) is 9.87. The highest BCUT2D eigenvalue weighted by Gasteiger charge is 2.26. The van der Waals surface area contributed by atoms with Crippen LogP contribution < -0.4 is 5.56 Å². The van der Waals surface area contributed by atoms with E-state index in [0.717, 1.165) is 16.9 Å². The third-order valence-corrected chi connectivity index (χ3v) is 6.34. The van der Waals surface area contributed by atoms with Crippen molar-refractivity contribution in [2.24, 2.45) is 0 Å². The highest BCUT2D eigenvalue weighted by molar-refractivity contribution is 7.20. The molecular formula is C23H26N2O5S.